The zero-order valence-electron chi connectivity index (χ0n) is 12.4. The number of piperidine rings is 2. The van der Waals surface area contributed by atoms with Crippen molar-refractivity contribution in [3.63, 3.8) is 0 Å². The number of carbonyl (C=O) groups is 2. The van der Waals surface area contributed by atoms with Crippen LogP contribution in [0.5, 0.6) is 0 Å². The Morgan fingerprint density at radius 3 is 2.59 bits per heavy atom. The summed E-state index contributed by atoms with van der Waals surface area (Å²) in [4.78, 5) is 23.0. The molecule has 1 aromatic carbocycles. The lowest BCUT2D eigenvalue weighted by atomic mass is 9.90. The highest BCUT2D eigenvalue weighted by atomic mass is 35.5. The lowest BCUT2D eigenvalue weighted by Gasteiger charge is -2.25. The first-order valence-corrected chi connectivity index (χ1v) is 7.63. The molecule has 1 atom stereocenters. The molecule has 2 heterocycles. The number of halogens is 1. The van der Waals surface area contributed by atoms with Crippen LogP contribution in [0, 0.1) is 0 Å². The van der Waals surface area contributed by atoms with Crippen LogP contribution < -0.4 is 16.0 Å². The van der Waals surface area contributed by atoms with Gasteiger partial charge < -0.3 is 10.6 Å². The predicted molar refractivity (Wildman–Crippen MR) is 88.3 cm³/mol. The fourth-order valence-corrected chi connectivity index (χ4v) is 3.07. The van der Waals surface area contributed by atoms with Crippen molar-refractivity contribution in [2.24, 2.45) is 0 Å². The average molecular weight is 324 g/mol. The second kappa shape index (κ2) is 7.61. The van der Waals surface area contributed by atoms with Crippen LogP contribution in [-0.4, -0.2) is 30.9 Å². The van der Waals surface area contributed by atoms with E-state index in [0.29, 0.717) is 18.8 Å². The smallest absolute Gasteiger partial charge is 0.249 e. The normalized spacial score (nSPS) is 22.6. The first-order chi connectivity index (χ1) is 10.2. The Morgan fingerprint density at radius 1 is 1.09 bits per heavy atom. The second-order valence-electron chi connectivity index (χ2n) is 5.80. The molecule has 6 heteroatoms. The maximum absolute atomic E-state index is 11.8. The van der Waals surface area contributed by atoms with E-state index in [4.69, 9.17) is 0 Å². The van der Waals surface area contributed by atoms with Gasteiger partial charge in [-0.05, 0) is 56.0 Å². The van der Waals surface area contributed by atoms with Gasteiger partial charge in [-0.2, -0.15) is 0 Å². The highest BCUT2D eigenvalue weighted by Crippen LogP contribution is 2.27. The first kappa shape index (κ1) is 16.8. The minimum atomic E-state index is -0.314. The van der Waals surface area contributed by atoms with E-state index in [-0.39, 0.29) is 30.3 Å². The van der Waals surface area contributed by atoms with Gasteiger partial charge in [0.25, 0.3) is 0 Å². The van der Waals surface area contributed by atoms with E-state index >= 15 is 0 Å². The van der Waals surface area contributed by atoms with E-state index in [2.05, 4.69) is 28.1 Å². The molecule has 1 aromatic rings. The van der Waals surface area contributed by atoms with E-state index in [1.807, 2.05) is 12.1 Å². The number of rotatable bonds is 3. The number of anilines is 1. The highest BCUT2D eigenvalue weighted by molar-refractivity contribution is 6.01. The van der Waals surface area contributed by atoms with Gasteiger partial charge in [-0.1, -0.05) is 12.1 Å². The fourth-order valence-electron chi connectivity index (χ4n) is 3.07. The first-order valence-electron chi connectivity index (χ1n) is 7.63. The van der Waals surface area contributed by atoms with Gasteiger partial charge in [-0.15, -0.1) is 12.4 Å². The number of benzene rings is 1. The largest absolute Gasteiger partial charge is 0.374 e. The molecule has 2 aliphatic rings. The summed E-state index contributed by atoms with van der Waals surface area (Å²) in [6.45, 7) is 2.13. The molecule has 2 saturated heterocycles. The van der Waals surface area contributed by atoms with Gasteiger partial charge in [-0.3, -0.25) is 14.9 Å². The van der Waals surface area contributed by atoms with E-state index in [1.54, 1.807) is 0 Å². The molecule has 0 aromatic heterocycles. The van der Waals surface area contributed by atoms with Crippen molar-refractivity contribution >= 4 is 29.9 Å². The number of imide groups is 1. The van der Waals surface area contributed by atoms with Crippen LogP contribution in [0.3, 0.4) is 0 Å². The van der Waals surface area contributed by atoms with Gasteiger partial charge in [0.1, 0.15) is 6.04 Å². The molecule has 5 nitrogen and oxygen atoms in total. The van der Waals surface area contributed by atoms with Gasteiger partial charge in [0.05, 0.1) is 0 Å². The minimum absolute atomic E-state index is 0. The van der Waals surface area contributed by atoms with Crippen molar-refractivity contribution in [2.75, 3.05) is 18.4 Å². The molecule has 2 fully saturated rings. The Hall–Kier alpha value is -1.59. The molecule has 0 spiro atoms. The third-order valence-corrected chi connectivity index (χ3v) is 4.28. The summed E-state index contributed by atoms with van der Waals surface area (Å²) in [7, 11) is 0. The van der Waals surface area contributed by atoms with Gasteiger partial charge >= 0.3 is 0 Å². The summed E-state index contributed by atoms with van der Waals surface area (Å²) >= 11 is 0. The summed E-state index contributed by atoms with van der Waals surface area (Å²) < 4.78 is 0. The van der Waals surface area contributed by atoms with Crippen LogP contribution in [-0.2, 0) is 9.59 Å². The third-order valence-electron chi connectivity index (χ3n) is 4.28. The Morgan fingerprint density at radius 2 is 1.86 bits per heavy atom. The zero-order chi connectivity index (χ0) is 14.7. The molecular weight excluding hydrogens is 302 g/mol. The van der Waals surface area contributed by atoms with Gasteiger partial charge in [0.2, 0.25) is 11.8 Å². The van der Waals surface area contributed by atoms with Crippen LogP contribution in [0.25, 0.3) is 0 Å². The molecule has 0 saturated carbocycles. The second-order valence-corrected chi connectivity index (χ2v) is 5.80. The standard InChI is InChI=1S/C16H21N3O2.ClH/c20-15-5-4-14(16(21)19-15)18-13-3-1-2-12(10-13)11-6-8-17-9-7-11;/h1-3,10-11,14,17-18H,4-9H2,(H,19,20,21);1H. The van der Waals surface area contributed by atoms with Crippen LogP contribution in [0.2, 0.25) is 0 Å². The summed E-state index contributed by atoms with van der Waals surface area (Å²) in [5.41, 5.74) is 2.29. The topological polar surface area (TPSA) is 70.2 Å². The molecule has 22 heavy (non-hydrogen) atoms. The van der Waals surface area contributed by atoms with E-state index in [0.717, 1.165) is 31.6 Å². The number of amides is 2. The molecule has 3 rings (SSSR count). The molecule has 2 aliphatic heterocycles. The Kier molecular flexibility index (Phi) is 5.80. The predicted octanol–water partition coefficient (Wildman–Crippen LogP) is 1.79. The maximum atomic E-state index is 11.8. The average Bonchev–Trinajstić information content (AvgIpc) is 2.51. The maximum Gasteiger partial charge on any atom is 0.249 e. The van der Waals surface area contributed by atoms with Crippen molar-refractivity contribution < 1.29 is 9.59 Å². The molecule has 3 N–H and O–H groups in total. The quantitative estimate of drug-likeness (QED) is 0.742. The summed E-state index contributed by atoms with van der Waals surface area (Å²) in [5, 5.41) is 9.00. The fraction of sp³-hybridized carbons (Fsp3) is 0.500. The third kappa shape index (κ3) is 3.99. The van der Waals surface area contributed by atoms with E-state index in [9.17, 15) is 9.59 Å². The molecule has 1 unspecified atom stereocenters. The Bertz CT molecular complexity index is 544. The molecule has 0 aliphatic carbocycles. The number of hydrogen-bond donors (Lipinski definition) is 3. The van der Waals surface area contributed by atoms with Crippen molar-refractivity contribution in [2.45, 2.75) is 37.6 Å². The zero-order valence-corrected chi connectivity index (χ0v) is 13.2. The molecule has 2 amide bonds. The molecular formula is C16H22ClN3O2. The van der Waals surface area contributed by atoms with Crippen LogP contribution in [0.15, 0.2) is 24.3 Å². The monoisotopic (exact) mass is 323 g/mol. The number of hydrogen-bond acceptors (Lipinski definition) is 4. The lowest BCUT2D eigenvalue weighted by Crippen LogP contribution is -2.47. The Balaban J connectivity index is 0.00000176. The summed E-state index contributed by atoms with van der Waals surface area (Å²) in [5.74, 6) is 0.190. The van der Waals surface area contributed by atoms with Crippen molar-refractivity contribution in [1.29, 1.82) is 0 Å². The van der Waals surface area contributed by atoms with Gasteiger partial charge in [-0.25, -0.2) is 0 Å². The minimum Gasteiger partial charge on any atom is -0.374 e. The van der Waals surface area contributed by atoms with Crippen molar-refractivity contribution in [3.05, 3.63) is 29.8 Å². The van der Waals surface area contributed by atoms with Gasteiger partial charge in [0, 0.05) is 12.1 Å². The van der Waals surface area contributed by atoms with Crippen LogP contribution in [0.4, 0.5) is 5.69 Å². The Labute approximate surface area is 136 Å². The van der Waals surface area contributed by atoms with Crippen LogP contribution >= 0.6 is 12.4 Å². The van der Waals surface area contributed by atoms with E-state index < -0.39 is 0 Å². The van der Waals surface area contributed by atoms with Crippen LogP contribution in [0.1, 0.15) is 37.2 Å². The highest BCUT2D eigenvalue weighted by Gasteiger charge is 2.26. The molecule has 120 valence electrons. The number of nitrogens with one attached hydrogen (secondary N) is 3. The summed E-state index contributed by atoms with van der Waals surface area (Å²) in [6.07, 6.45) is 3.27. The molecule has 0 radical (unpaired) electrons. The van der Waals surface area contributed by atoms with Crippen molar-refractivity contribution in [1.82, 2.24) is 10.6 Å². The lowest BCUT2D eigenvalue weighted by molar-refractivity contribution is -0.133. The van der Waals surface area contributed by atoms with E-state index in [1.165, 1.54) is 5.56 Å². The SMILES string of the molecule is Cl.O=C1CCC(Nc2cccc(C3CCNCC3)c2)C(=O)N1. The van der Waals surface area contributed by atoms with Crippen molar-refractivity contribution in [3.8, 4) is 0 Å². The van der Waals surface area contributed by atoms with Gasteiger partial charge in [0.15, 0.2) is 0 Å². The summed E-state index contributed by atoms with van der Waals surface area (Å²) in [6, 6.07) is 8.00. The number of carbonyl (C=O) groups excluding carboxylic acids is 2. The molecule has 0 bridgehead atoms.